The molecule has 1 unspecified atom stereocenters. The lowest BCUT2D eigenvalue weighted by Gasteiger charge is -2.32. The molecule has 138 valence electrons. The quantitative estimate of drug-likeness (QED) is 0.328. The summed E-state index contributed by atoms with van der Waals surface area (Å²) in [5, 5.41) is 2.44. The van der Waals surface area contributed by atoms with Gasteiger partial charge in [0.2, 0.25) is 0 Å². The molecule has 0 aliphatic rings. The number of hydrogen-bond donors (Lipinski definition) is 0. The Morgan fingerprint density at radius 3 is 1.93 bits per heavy atom. The second kappa shape index (κ2) is 7.32. The molecule has 1 atom stereocenters. The molecule has 2 nitrogen and oxygen atoms in total. The molecule has 0 aromatic heterocycles. The molecule has 0 radical (unpaired) electrons. The van der Waals surface area contributed by atoms with E-state index in [1.165, 1.54) is 29.0 Å². The second-order valence-electron chi connectivity index (χ2n) is 7.12. The molecular weight excluding hydrogens is 344 g/mol. The van der Waals surface area contributed by atoms with E-state index in [2.05, 4.69) is 73.7 Å². The summed E-state index contributed by atoms with van der Waals surface area (Å²) < 4.78 is 4.84. The number of hydrogen-bond acceptors (Lipinski definition) is 2. The van der Waals surface area contributed by atoms with Crippen LogP contribution in [0.15, 0.2) is 97.1 Å². The molecule has 0 spiro atoms. The minimum absolute atomic E-state index is 0.321. The zero-order chi connectivity index (χ0) is 19.6. The summed E-state index contributed by atoms with van der Waals surface area (Å²) in [6.45, 7) is 2.24. The van der Waals surface area contributed by atoms with Crippen molar-refractivity contribution in [2.45, 2.75) is 12.3 Å². The fourth-order valence-corrected chi connectivity index (χ4v) is 3.83. The maximum atomic E-state index is 11.8. The standard InChI is InChI=1S/C26H22O2/c1-26(22-10-4-3-5-11-22,23-15-13-20(14-16-23)25(27)28-2)24-17-12-19-8-6-7-9-21(19)18-24/h3-18H,1-2H3. The average molecular weight is 366 g/mol. The predicted octanol–water partition coefficient (Wildman–Crippen LogP) is 5.98. The number of methoxy groups -OCH3 is 1. The molecule has 4 rings (SSSR count). The highest BCUT2D eigenvalue weighted by Crippen LogP contribution is 2.39. The van der Waals surface area contributed by atoms with Gasteiger partial charge in [-0.2, -0.15) is 0 Å². The number of carbonyl (C=O) groups is 1. The molecule has 0 N–H and O–H groups in total. The molecule has 0 aliphatic carbocycles. The van der Waals surface area contributed by atoms with Gasteiger partial charge in [0.1, 0.15) is 0 Å². The summed E-state index contributed by atoms with van der Waals surface area (Å²) in [6, 6.07) is 33.2. The van der Waals surface area contributed by atoms with Gasteiger partial charge in [-0.1, -0.05) is 78.9 Å². The molecule has 0 fully saturated rings. The van der Waals surface area contributed by atoms with Crippen molar-refractivity contribution in [3.63, 3.8) is 0 Å². The van der Waals surface area contributed by atoms with Crippen LogP contribution in [0, 0.1) is 0 Å². The lowest BCUT2D eigenvalue weighted by molar-refractivity contribution is 0.0600. The van der Waals surface area contributed by atoms with E-state index in [1.807, 2.05) is 30.3 Å². The third-order valence-corrected chi connectivity index (χ3v) is 5.56. The van der Waals surface area contributed by atoms with Gasteiger partial charge in [0.15, 0.2) is 0 Å². The number of benzene rings is 4. The maximum absolute atomic E-state index is 11.8. The van der Waals surface area contributed by atoms with Gasteiger partial charge in [0.05, 0.1) is 12.7 Å². The minimum Gasteiger partial charge on any atom is -0.465 e. The fraction of sp³-hybridized carbons (Fsp3) is 0.115. The predicted molar refractivity (Wildman–Crippen MR) is 114 cm³/mol. The van der Waals surface area contributed by atoms with Gasteiger partial charge >= 0.3 is 5.97 Å². The van der Waals surface area contributed by atoms with E-state index in [9.17, 15) is 4.79 Å². The molecule has 0 bridgehead atoms. The first kappa shape index (κ1) is 18.0. The summed E-state index contributed by atoms with van der Waals surface area (Å²) in [7, 11) is 1.40. The molecule has 4 aromatic carbocycles. The largest absolute Gasteiger partial charge is 0.465 e. The molecule has 2 heteroatoms. The summed E-state index contributed by atoms with van der Waals surface area (Å²) in [4.78, 5) is 11.8. The van der Waals surface area contributed by atoms with Gasteiger partial charge in [-0.3, -0.25) is 0 Å². The van der Waals surface area contributed by atoms with Gasteiger partial charge in [-0.15, -0.1) is 0 Å². The topological polar surface area (TPSA) is 26.3 Å². The summed E-state index contributed by atoms with van der Waals surface area (Å²) in [6.07, 6.45) is 0. The van der Waals surface area contributed by atoms with Crippen molar-refractivity contribution in [1.29, 1.82) is 0 Å². The number of carbonyl (C=O) groups excluding carboxylic acids is 1. The van der Waals surface area contributed by atoms with Crippen LogP contribution in [0.2, 0.25) is 0 Å². The van der Waals surface area contributed by atoms with E-state index in [-0.39, 0.29) is 11.4 Å². The van der Waals surface area contributed by atoms with Crippen LogP contribution in [0.1, 0.15) is 34.0 Å². The monoisotopic (exact) mass is 366 g/mol. The fourth-order valence-electron chi connectivity index (χ4n) is 3.83. The number of esters is 1. The van der Waals surface area contributed by atoms with Crippen molar-refractivity contribution >= 4 is 16.7 Å². The Labute approximate surface area is 165 Å². The third kappa shape index (κ3) is 3.07. The zero-order valence-electron chi connectivity index (χ0n) is 16.1. The first-order chi connectivity index (χ1) is 13.6. The lowest BCUT2D eigenvalue weighted by Crippen LogP contribution is -2.25. The number of rotatable bonds is 4. The van der Waals surface area contributed by atoms with E-state index in [4.69, 9.17) is 4.74 Å². The Balaban J connectivity index is 1.90. The average Bonchev–Trinajstić information content (AvgIpc) is 2.78. The van der Waals surface area contributed by atoms with E-state index in [1.54, 1.807) is 0 Å². The summed E-state index contributed by atoms with van der Waals surface area (Å²) >= 11 is 0. The molecule has 0 saturated carbocycles. The Bertz CT molecular complexity index is 1110. The first-order valence-electron chi connectivity index (χ1n) is 9.36. The van der Waals surface area contributed by atoms with E-state index in [0.29, 0.717) is 5.56 Å². The normalized spacial score (nSPS) is 13.1. The van der Waals surface area contributed by atoms with Crippen molar-refractivity contribution in [1.82, 2.24) is 0 Å². The Kier molecular flexibility index (Phi) is 4.70. The maximum Gasteiger partial charge on any atom is 0.337 e. The van der Waals surface area contributed by atoms with Crippen molar-refractivity contribution < 1.29 is 9.53 Å². The van der Waals surface area contributed by atoms with Crippen LogP contribution in [0.5, 0.6) is 0 Å². The molecular formula is C26H22O2. The van der Waals surface area contributed by atoms with Crippen LogP contribution in [0.3, 0.4) is 0 Å². The van der Waals surface area contributed by atoms with Gasteiger partial charge in [0.25, 0.3) is 0 Å². The van der Waals surface area contributed by atoms with Crippen LogP contribution in [0.4, 0.5) is 0 Å². The van der Waals surface area contributed by atoms with E-state index in [0.717, 1.165) is 5.56 Å². The van der Waals surface area contributed by atoms with E-state index >= 15 is 0 Å². The lowest BCUT2D eigenvalue weighted by atomic mass is 9.70. The summed E-state index contributed by atoms with van der Waals surface area (Å²) in [5.41, 5.74) is 3.75. The SMILES string of the molecule is COC(=O)c1ccc(C(C)(c2ccccc2)c2ccc3ccccc3c2)cc1. The smallest absolute Gasteiger partial charge is 0.337 e. The summed E-state index contributed by atoms with van der Waals surface area (Å²) in [5.74, 6) is -0.321. The van der Waals surface area contributed by atoms with Crippen molar-refractivity contribution in [3.8, 4) is 0 Å². The van der Waals surface area contributed by atoms with Crippen LogP contribution < -0.4 is 0 Å². The van der Waals surface area contributed by atoms with Crippen LogP contribution in [-0.2, 0) is 10.2 Å². The van der Waals surface area contributed by atoms with Crippen molar-refractivity contribution in [2.24, 2.45) is 0 Å². The van der Waals surface area contributed by atoms with E-state index < -0.39 is 0 Å². The third-order valence-electron chi connectivity index (χ3n) is 5.56. The molecule has 0 saturated heterocycles. The van der Waals surface area contributed by atoms with Crippen LogP contribution >= 0.6 is 0 Å². The number of fused-ring (bicyclic) bond motifs is 1. The highest BCUT2D eigenvalue weighted by molar-refractivity contribution is 5.89. The van der Waals surface area contributed by atoms with Gasteiger partial charge in [-0.25, -0.2) is 4.79 Å². The molecule has 0 amide bonds. The van der Waals surface area contributed by atoms with Crippen LogP contribution in [0.25, 0.3) is 10.8 Å². The van der Waals surface area contributed by atoms with Crippen molar-refractivity contribution in [2.75, 3.05) is 7.11 Å². The molecule has 0 aliphatic heterocycles. The highest BCUT2D eigenvalue weighted by Gasteiger charge is 2.31. The van der Waals surface area contributed by atoms with Crippen LogP contribution in [-0.4, -0.2) is 13.1 Å². The Hall–Kier alpha value is -3.39. The first-order valence-corrected chi connectivity index (χ1v) is 9.36. The Morgan fingerprint density at radius 2 is 1.25 bits per heavy atom. The van der Waals surface area contributed by atoms with Gasteiger partial charge in [0, 0.05) is 5.41 Å². The molecule has 0 heterocycles. The number of ether oxygens (including phenoxy) is 1. The second-order valence-corrected chi connectivity index (χ2v) is 7.12. The van der Waals surface area contributed by atoms with Gasteiger partial charge in [-0.05, 0) is 52.6 Å². The molecule has 4 aromatic rings. The van der Waals surface area contributed by atoms with Crippen molar-refractivity contribution in [3.05, 3.63) is 119 Å². The van der Waals surface area contributed by atoms with Gasteiger partial charge < -0.3 is 4.74 Å². The zero-order valence-corrected chi connectivity index (χ0v) is 16.1. The minimum atomic E-state index is -0.347. The highest BCUT2D eigenvalue weighted by atomic mass is 16.5. The Morgan fingerprint density at radius 1 is 0.679 bits per heavy atom. The molecule has 28 heavy (non-hydrogen) atoms.